The molecule has 0 saturated heterocycles. The van der Waals surface area contributed by atoms with E-state index >= 15 is 0 Å². The number of halogens is 2. The van der Waals surface area contributed by atoms with Gasteiger partial charge in [0.25, 0.3) is 5.91 Å². The summed E-state index contributed by atoms with van der Waals surface area (Å²) in [5.41, 5.74) is 1.21. The molecule has 1 amide bonds. The maximum Gasteiger partial charge on any atom is 0.356 e. The molecular formula is C9H9Cl2N3O3. The Bertz CT molecular complexity index is 472. The van der Waals surface area contributed by atoms with E-state index < -0.39 is 16.7 Å². The molecule has 0 radical (unpaired) electrons. The molecule has 0 saturated carbocycles. The summed E-state index contributed by atoms with van der Waals surface area (Å²) in [5.74, 6) is -1.54. The van der Waals surface area contributed by atoms with Gasteiger partial charge in [-0.15, -0.1) is 0 Å². The van der Waals surface area contributed by atoms with E-state index in [1.54, 1.807) is 0 Å². The fourth-order valence-electron chi connectivity index (χ4n) is 1.80. The number of amides is 1. The topological polar surface area (TPSA) is 86.3 Å². The van der Waals surface area contributed by atoms with E-state index in [0.717, 1.165) is 5.69 Å². The molecule has 0 bridgehead atoms. The number of fused-ring (bicyclic) bond motifs is 1. The number of nitrogens with zero attached hydrogens (tertiary/aromatic N) is 2. The minimum Gasteiger partial charge on any atom is -0.476 e. The zero-order chi connectivity index (χ0) is 12.6. The Kier molecular flexibility index (Phi) is 3.26. The van der Waals surface area contributed by atoms with Gasteiger partial charge in [-0.05, 0) is 0 Å². The SMILES string of the molecule is O=C(O)c1n[nH]c2c1CN(C(=O)C(Cl)Cl)CC2. The van der Waals surface area contributed by atoms with Gasteiger partial charge in [0.05, 0.1) is 0 Å². The Hall–Kier alpha value is -1.27. The maximum absolute atomic E-state index is 11.6. The number of carboxylic acids is 1. The molecule has 17 heavy (non-hydrogen) atoms. The second-order valence-corrected chi connectivity index (χ2v) is 4.74. The van der Waals surface area contributed by atoms with Crippen molar-refractivity contribution in [2.45, 2.75) is 17.8 Å². The molecule has 0 unspecified atom stereocenters. The predicted octanol–water partition coefficient (Wildman–Crippen LogP) is 0.796. The number of carbonyl (C=O) groups is 2. The van der Waals surface area contributed by atoms with Crippen LogP contribution in [0.15, 0.2) is 0 Å². The molecule has 1 aliphatic heterocycles. The quantitative estimate of drug-likeness (QED) is 0.783. The number of H-pyrrole nitrogens is 1. The molecule has 2 rings (SSSR count). The van der Waals surface area contributed by atoms with Crippen LogP contribution in [0.2, 0.25) is 0 Å². The van der Waals surface area contributed by atoms with Gasteiger partial charge in [0.2, 0.25) is 0 Å². The summed E-state index contributed by atoms with van der Waals surface area (Å²) in [7, 11) is 0. The Labute approximate surface area is 106 Å². The van der Waals surface area contributed by atoms with E-state index in [1.807, 2.05) is 0 Å². The molecule has 0 spiro atoms. The van der Waals surface area contributed by atoms with Crippen molar-refractivity contribution in [3.05, 3.63) is 17.0 Å². The van der Waals surface area contributed by atoms with E-state index in [4.69, 9.17) is 28.3 Å². The van der Waals surface area contributed by atoms with Crippen LogP contribution >= 0.6 is 23.2 Å². The molecule has 92 valence electrons. The summed E-state index contributed by atoms with van der Waals surface area (Å²) in [4.78, 5) is 22.8. The molecule has 1 aromatic heterocycles. The largest absolute Gasteiger partial charge is 0.476 e. The van der Waals surface area contributed by atoms with Crippen molar-refractivity contribution in [3.63, 3.8) is 0 Å². The standard InChI is InChI=1S/C9H9Cl2N3O3/c10-7(11)8(15)14-2-1-5-4(3-14)6(9(16)17)13-12-5/h7H,1-3H2,(H,12,13)(H,16,17). The number of rotatable bonds is 2. The Morgan fingerprint density at radius 1 is 1.47 bits per heavy atom. The lowest BCUT2D eigenvalue weighted by Crippen LogP contribution is -2.39. The van der Waals surface area contributed by atoms with Gasteiger partial charge in [-0.3, -0.25) is 9.89 Å². The molecule has 6 nitrogen and oxygen atoms in total. The molecular weight excluding hydrogens is 269 g/mol. The average Bonchev–Trinajstić information content (AvgIpc) is 2.70. The first-order chi connectivity index (χ1) is 8.00. The molecule has 8 heteroatoms. The third kappa shape index (κ3) is 2.23. The van der Waals surface area contributed by atoms with Crippen LogP contribution in [-0.4, -0.2) is 43.5 Å². The first-order valence-electron chi connectivity index (χ1n) is 4.87. The molecule has 2 heterocycles. The minimum atomic E-state index is -1.13. The van der Waals surface area contributed by atoms with Crippen molar-refractivity contribution < 1.29 is 14.7 Å². The van der Waals surface area contributed by atoms with Crippen LogP contribution in [0.4, 0.5) is 0 Å². The van der Waals surface area contributed by atoms with Crippen LogP contribution in [0.5, 0.6) is 0 Å². The highest BCUT2D eigenvalue weighted by Crippen LogP contribution is 2.22. The molecule has 0 aliphatic carbocycles. The van der Waals surface area contributed by atoms with E-state index in [0.29, 0.717) is 18.5 Å². The van der Waals surface area contributed by atoms with Crippen molar-refractivity contribution in [1.82, 2.24) is 15.1 Å². The molecule has 0 aromatic carbocycles. The second-order valence-electron chi connectivity index (χ2n) is 3.64. The summed E-state index contributed by atoms with van der Waals surface area (Å²) in [6, 6.07) is 0. The summed E-state index contributed by atoms with van der Waals surface area (Å²) in [5, 5.41) is 15.3. The highest BCUT2D eigenvalue weighted by atomic mass is 35.5. The van der Waals surface area contributed by atoms with Crippen molar-refractivity contribution >= 4 is 35.1 Å². The lowest BCUT2D eigenvalue weighted by Gasteiger charge is -2.27. The zero-order valence-corrected chi connectivity index (χ0v) is 10.1. The highest BCUT2D eigenvalue weighted by Gasteiger charge is 2.29. The Morgan fingerprint density at radius 2 is 2.18 bits per heavy atom. The maximum atomic E-state index is 11.6. The lowest BCUT2D eigenvalue weighted by atomic mass is 10.1. The number of nitrogens with one attached hydrogen (secondary N) is 1. The van der Waals surface area contributed by atoms with Gasteiger partial charge in [-0.25, -0.2) is 4.79 Å². The number of aromatic carboxylic acids is 1. The van der Waals surface area contributed by atoms with Gasteiger partial charge in [0.1, 0.15) is 0 Å². The van der Waals surface area contributed by atoms with E-state index in [-0.39, 0.29) is 12.2 Å². The molecule has 1 aromatic rings. The van der Waals surface area contributed by atoms with Gasteiger partial charge in [-0.2, -0.15) is 5.10 Å². The third-order valence-corrected chi connectivity index (χ3v) is 3.01. The van der Waals surface area contributed by atoms with Crippen LogP contribution in [0.25, 0.3) is 0 Å². The molecule has 0 atom stereocenters. The van der Waals surface area contributed by atoms with Crippen LogP contribution in [0.1, 0.15) is 21.7 Å². The minimum absolute atomic E-state index is 0.0572. The van der Waals surface area contributed by atoms with E-state index in [1.165, 1.54) is 4.90 Å². The average molecular weight is 278 g/mol. The Morgan fingerprint density at radius 3 is 2.76 bits per heavy atom. The summed E-state index contributed by atoms with van der Waals surface area (Å²) in [6.45, 7) is 0.616. The predicted molar refractivity (Wildman–Crippen MR) is 60.2 cm³/mol. The second kappa shape index (κ2) is 4.54. The monoisotopic (exact) mass is 277 g/mol. The van der Waals surface area contributed by atoms with Gasteiger partial charge in [0, 0.05) is 30.8 Å². The smallest absolute Gasteiger partial charge is 0.356 e. The molecule has 2 N–H and O–H groups in total. The van der Waals surface area contributed by atoms with Gasteiger partial charge >= 0.3 is 5.97 Å². The summed E-state index contributed by atoms with van der Waals surface area (Å²) < 4.78 is 0. The van der Waals surface area contributed by atoms with Gasteiger partial charge in [-0.1, -0.05) is 23.2 Å². The van der Waals surface area contributed by atoms with Gasteiger partial charge in [0.15, 0.2) is 10.5 Å². The van der Waals surface area contributed by atoms with Crippen molar-refractivity contribution in [1.29, 1.82) is 0 Å². The first kappa shape index (κ1) is 12.2. The van der Waals surface area contributed by atoms with Crippen molar-refractivity contribution in [2.24, 2.45) is 0 Å². The van der Waals surface area contributed by atoms with Gasteiger partial charge < -0.3 is 10.0 Å². The normalized spacial score (nSPS) is 14.9. The summed E-state index contributed by atoms with van der Waals surface area (Å²) in [6.07, 6.45) is 0.516. The van der Waals surface area contributed by atoms with Crippen molar-refractivity contribution in [2.75, 3.05) is 6.54 Å². The van der Waals surface area contributed by atoms with Crippen LogP contribution in [0, 0.1) is 0 Å². The number of alkyl halides is 2. The lowest BCUT2D eigenvalue weighted by molar-refractivity contribution is -0.130. The fraction of sp³-hybridized carbons (Fsp3) is 0.444. The third-order valence-electron chi connectivity index (χ3n) is 2.63. The number of hydrogen-bond acceptors (Lipinski definition) is 3. The van der Waals surface area contributed by atoms with Crippen LogP contribution < -0.4 is 0 Å². The fourth-order valence-corrected chi connectivity index (χ4v) is 2.07. The summed E-state index contributed by atoms with van der Waals surface area (Å²) >= 11 is 11.0. The number of hydrogen-bond donors (Lipinski definition) is 2. The van der Waals surface area contributed by atoms with E-state index in [9.17, 15) is 9.59 Å². The van der Waals surface area contributed by atoms with Crippen LogP contribution in [0.3, 0.4) is 0 Å². The highest BCUT2D eigenvalue weighted by molar-refractivity contribution is 6.53. The number of aromatic amines is 1. The Balaban J connectivity index is 2.25. The zero-order valence-electron chi connectivity index (χ0n) is 8.61. The number of carbonyl (C=O) groups excluding carboxylic acids is 1. The number of carboxylic acid groups (broad SMARTS) is 1. The van der Waals surface area contributed by atoms with Crippen molar-refractivity contribution in [3.8, 4) is 0 Å². The van der Waals surface area contributed by atoms with Crippen LogP contribution in [-0.2, 0) is 17.8 Å². The molecule has 0 fully saturated rings. The van der Waals surface area contributed by atoms with E-state index in [2.05, 4.69) is 10.2 Å². The molecule has 1 aliphatic rings. The number of aromatic nitrogens is 2. The first-order valence-corrected chi connectivity index (χ1v) is 5.74.